The monoisotopic (exact) mass is 285 g/mol. The zero-order chi connectivity index (χ0) is 15.3. The van der Waals surface area contributed by atoms with E-state index in [-0.39, 0.29) is 18.9 Å². The van der Waals surface area contributed by atoms with Gasteiger partial charge in [0.05, 0.1) is 0 Å². The van der Waals surface area contributed by atoms with Gasteiger partial charge < -0.3 is 21.1 Å². The lowest BCUT2D eigenvalue weighted by Crippen LogP contribution is -2.47. The highest BCUT2D eigenvalue weighted by Crippen LogP contribution is 2.23. The number of nitrogens with zero attached hydrogens (tertiary/aromatic N) is 1. The highest BCUT2D eigenvalue weighted by Gasteiger charge is 2.30. The number of rotatable bonds is 6. The van der Waals surface area contributed by atoms with E-state index < -0.39 is 17.9 Å². The number of carbonyl (C=O) groups excluding carboxylic acids is 2. The summed E-state index contributed by atoms with van der Waals surface area (Å²) in [6.07, 6.45) is 0.883. The fourth-order valence-corrected chi connectivity index (χ4v) is 2.30. The predicted molar refractivity (Wildman–Crippen MR) is 72.9 cm³/mol. The lowest BCUT2D eigenvalue weighted by Gasteiger charge is -2.21. The molecular weight excluding hydrogens is 262 g/mol. The third-order valence-electron chi connectivity index (χ3n) is 3.73. The molecule has 1 saturated heterocycles. The maximum atomic E-state index is 12.0. The van der Waals surface area contributed by atoms with Crippen molar-refractivity contribution in [1.29, 1.82) is 0 Å². The molecule has 0 aromatic carbocycles. The largest absolute Gasteiger partial charge is 0.480 e. The van der Waals surface area contributed by atoms with E-state index in [0.29, 0.717) is 24.9 Å². The molecule has 7 heteroatoms. The summed E-state index contributed by atoms with van der Waals surface area (Å²) in [5.41, 5.74) is 4.99. The van der Waals surface area contributed by atoms with Crippen LogP contribution in [0, 0.1) is 11.8 Å². The topological polar surface area (TPSA) is 113 Å². The lowest BCUT2D eigenvalue weighted by molar-refractivity contribution is -0.139. The van der Waals surface area contributed by atoms with E-state index in [1.807, 2.05) is 0 Å². The van der Waals surface area contributed by atoms with E-state index in [1.54, 1.807) is 4.90 Å². The van der Waals surface area contributed by atoms with Gasteiger partial charge in [-0.25, -0.2) is 9.59 Å². The Morgan fingerprint density at radius 1 is 1.40 bits per heavy atom. The molecule has 1 heterocycles. The Morgan fingerprint density at radius 3 is 2.50 bits per heavy atom. The second-order valence-electron chi connectivity index (χ2n) is 5.58. The molecule has 1 rings (SSSR count). The Balaban J connectivity index is 2.50. The van der Waals surface area contributed by atoms with Crippen molar-refractivity contribution in [3.8, 4) is 0 Å². The van der Waals surface area contributed by atoms with Crippen LogP contribution in [0.2, 0.25) is 0 Å². The summed E-state index contributed by atoms with van der Waals surface area (Å²) < 4.78 is 0. The highest BCUT2D eigenvalue weighted by molar-refractivity contribution is 5.83. The van der Waals surface area contributed by atoms with E-state index in [2.05, 4.69) is 19.2 Å². The van der Waals surface area contributed by atoms with E-state index in [0.717, 1.165) is 6.42 Å². The Bertz CT molecular complexity index is 384. The molecule has 2 atom stereocenters. The van der Waals surface area contributed by atoms with Gasteiger partial charge in [0.25, 0.3) is 0 Å². The summed E-state index contributed by atoms with van der Waals surface area (Å²) in [4.78, 5) is 35.4. The zero-order valence-electron chi connectivity index (χ0n) is 12.0. The first kappa shape index (κ1) is 16.3. The van der Waals surface area contributed by atoms with Crippen LogP contribution in [0.1, 0.15) is 33.1 Å². The second kappa shape index (κ2) is 7.12. The van der Waals surface area contributed by atoms with Crippen LogP contribution in [0.25, 0.3) is 0 Å². The molecule has 0 bridgehead atoms. The molecule has 4 N–H and O–H groups in total. The number of carbonyl (C=O) groups is 3. The molecule has 0 aromatic heterocycles. The molecule has 0 aliphatic carbocycles. The van der Waals surface area contributed by atoms with E-state index >= 15 is 0 Å². The SMILES string of the molecule is CC(C)C1CCN(C(=O)N[C@H](CCC(N)=O)C(=O)O)C1. The summed E-state index contributed by atoms with van der Waals surface area (Å²) in [7, 11) is 0. The first-order chi connectivity index (χ1) is 9.31. The average Bonchev–Trinajstić information content (AvgIpc) is 2.83. The number of nitrogens with one attached hydrogen (secondary N) is 1. The van der Waals surface area contributed by atoms with Gasteiger partial charge in [-0.15, -0.1) is 0 Å². The van der Waals surface area contributed by atoms with Gasteiger partial charge in [0, 0.05) is 19.5 Å². The Hall–Kier alpha value is -1.79. The maximum absolute atomic E-state index is 12.0. The van der Waals surface area contributed by atoms with Crippen LogP contribution in [-0.4, -0.2) is 47.0 Å². The smallest absolute Gasteiger partial charge is 0.326 e. The fraction of sp³-hybridized carbons (Fsp3) is 0.769. The van der Waals surface area contributed by atoms with Crippen molar-refractivity contribution in [3.63, 3.8) is 0 Å². The molecule has 1 unspecified atom stereocenters. The van der Waals surface area contributed by atoms with Gasteiger partial charge >= 0.3 is 12.0 Å². The van der Waals surface area contributed by atoms with Gasteiger partial charge in [-0.1, -0.05) is 13.8 Å². The molecular formula is C13H23N3O4. The molecule has 7 nitrogen and oxygen atoms in total. The summed E-state index contributed by atoms with van der Waals surface area (Å²) in [5, 5.41) is 11.5. The molecule has 1 aliphatic rings. The number of amides is 3. The van der Waals surface area contributed by atoms with Gasteiger partial charge in [0.15, 0.2) is 0 Å². The summed E-state index contributed by atoms with van der Waals surface area (Å²) in [6, 6.07) is -1.46. The lowest BCUT2D eigenvalue weighted by atomic mass is 9.95. The standard InChI is InChI=1S/C13H23N3O4/c1-8(2)9-5-6-16(7-9)13(20)15-10(12(18)19)3-4-11(14)17/h8-10H,3-7H2,1-2H3,(H2,14,17)(H,15,20)(H,18,19)/t9?,10-/m1/s1. The number of likely N-dealkylation sites (tertiary alicyclic amines) is 1. The number of carboxylic acids is 1. The van der Waals surface area contributed by atoms with Crippen molar-refractivity contribution in [3.05, 3.63) is 0 Å². The zero-order valence-corrected chi connectivity index (χ0v) is 12.0. The van der Waals surface area contributed by atoms with Crippen LogP contribution < -0.4 is 11.1 Å². The van der Waals surface area contributed by atoms with Gasteiger partial charge in [-0.05, 0) is 24.7 Å². The Kier molecular flexibility index (Phi) is 5.79. The number of aliphatic carboxylic acids is 1. The van der Waals surface area contributed by atoms with Crippen LogP contribution in [0.3, 0.4) is 0 Å². The number of hydrogen-bond donors (Lipinski definition) is 3. The molecule has 0 aromatic rings. The first-order valence-corrected chi connectivity index (χ1v) is 6.87. The van der Waals surface area contributed by atoms with Crippen molar-refractivity contribution in [2.45, 2.75) is 39.2 Å². The molecule has 3 amide bonds. The quantitative estimate of drug-likeness (QED) is 0.655. The van der Waals surface area contributed by atoms with E-state index in [9.17, 15) is 14.4 Å². The molecule has 0 saturated carbocycles. The number of nitrogens with two attached hydrogens (primary N) is 1. The number of urea groups is 1. The number of carboxylic acid groups (broad SMARTS) is 1. The van der Waals surface area contributed by atoms with Crippen molar-refractivity contribution in [2.24, 2.45) is 17.6 Å². The summed E-state index contributed by atoms with van der Waals surface area (Å²) in [6.45, 7) is 5.50. The molecule has 1 fully saturated rings. The summed E-state index contributed by atoms with van der Waals surface area (Å²) in [5.74, 6) is -0.779. The molecule has 20 heavy (non-hydrogen) atoms. The van der Waals surface area contributed by atoms with Crippen LogP contribution in [0.15, 0.2) is 0 Å². The third-order valence-corrected chi connectivity index (χ3v) is 3.73. The number of hydrogen-bond acceptors (Lipinski definition) is 3. The normalized spacial score (nSPS) is 19.9. The summed E-state index contributed by atoms with van der Waals surface area (Å²) >= 11 is 0. The second-order valence-corrected chi connectivity index (χ2v) is 5.58. The highest BCUT2D eigenvalue weighted by atomic mass is 16.4. The van der Waals surface area contributed by atoms with E-state index in [1.165, 1.54) is 0 Å². The maximum Gasteiger partial charge on any atom is 0.326 e. The third kappa shape index (κ3) is 4.71. The number of primary amides is 1. The minimum Gasteiger partial charge on any atom is -0.480 e. The van der Waals surface area contributed by atoms with Crippen LogP contribution in [0.5, 0.6) is 0 Å². The molecule has 0 spiro atoms. The predicted octanol–water partition coefficient (Wildman–Crippen LogP) is 0.393. The fourth-order valence-electron chi connectivity index (χ4n) is 2.30. The van der Waals surface area contributed by atoms with Crippen molar-refractivity contribution >= 4 is 17.9 Å². The Morgan fingerprint density at radius 2 is 2.05 bits per heavy atom. The molecule has 114 valence electrons. The van der Waals surface area contributed by atoms with Crippen LogP contribution in [-0.2, 0) is 9.59 Å². The van der Waals surface area contributed by atoms with Gasteiger partial charge in [0.2, 0.25) is 5.91 Å². The van der Waals surface area contributed by atoms with Gasteiger partial charge in [0.1, 0.15) is 6.04 Å². The van der Waals surface area contributed by atoms with Crippen molar-refractivity contribution in [1.82, 2.24) is 10.2 Å². The van der Waals surface area contributed by atoms with Crippen LogP contribution >= 0.6 is 0 Å². The van der Waals surface area contributed by atoms with Crippen molar-refractivity contribution < 1.29 is 19.5 Å². The molecule has 0 radical (unpaired) electrons. The van der Waals surface area contributed by atoms with Gasteiger partial charge in [-0.3, -0.25) is 4.79 Å². The van der Waals surface area contributed by atoms with E-state index in [4.69, 9.17) is 10.8 Å². The average molecular weight is 285 g/mol. The minimum atomic E-state index is -1.15. The molecule has 1 aliphatic heterocycles. The minimum absolute atomic E-state index is 0.0118. The Labute approximate surface area is 118 Å². The van der Waals surface area contributed by atoms with Crippen molar-refractivity contribution in [2.75, 3.05) is 13.1 Å². The van der Waals surface area contributed by atoms with Gasteiger partial charge in [-0.2, -0.15) is 0 Å². The van der Waals surface area contributed by atoms with Crippen LogP contribution in [0.4, 0.5) is 4.79 Å². The first-order valence-electron chi connectivity index (χ1n) is 6.87.